The summed E-state index contributed by atoms with van der Waals surface area (Å²) in [6.45, 7) is 6.15. The summed E-state index contributed by atoms with van der Waals surface area (Å²) in [7, 11) is 0. The Labute approximate surface area is 163 Å². The highest BCUT2D eigenvalue weighted by atomic mass is 79.9. The third kappa shape index (κ3) is 6.13. The first kappa shape index (κ1) is 19.9. The molecular weight excluding hydrogens is 424 g/mol. The predicted octanol–water partition coefficient (Wildman–Crippen LogP) is 4.36. The molecule has 8 heteroatoms. The second kappa shape index (κ2) is 9.35. The van der Waals surface area contributed by atoms with Crippen molar-refractivity contribution in [3.05, 3.63) is 38.8 Å². The highest BCUT2D eigenvalue weighted by molar-refractivity contribution is 9.10. The molecule has 0 unspecified atom stereocenters. The van der Waals surface area contributed by atoms with E-state index in [1.165, 1.54) is 23.1 Å². The smallest absolute Gasteiger partial charge is 0.311 e. The normalized spacial score (nSPS) is 10.6. The third-order valence-electron chi connectivity index (χ3n) is 3.24. The van der Waals surface area contributed by atoms with Gasteiger partial charge in [0.1, 0.15) is 0 Å². The van der Waals surface area contributed by atoms with Gasteiger partial charge in [0.15, 0.2) is 5.13 Å². The molecule has 2 aromatic rings. The Balaban J connectivity index is 1.87. The van der Waals surface area contributed by atoms with Gasteiger partial charge in [-0.1, -0.05) is 15.9 Å². The van der Waals surface area contributed by atoms with Crippen molar-refractivity contribution in [3.63, 3.8) is 0 Å². The van der Waals surface area contributed by atoms with Crippen molar-refractivity contribution in [2.45, 2.75) is 32.1 Å². The quantitative estimate of drug-likeness (QED) is 0.509. The lowest BCUT2D eigenvalue weighted by molar-refractivity contribution is -0.142. The van der Waals surface area contributed by atoms with Crippen molar-refractivity contribution >= 4 is 56.0 Å². The lowest BCUT2D eigenvalue weighted by Gasteiger charge is -2.08. The standard InChI is InChI=1S/C17H19BrN2O3S2/c1-4-23-16(22)7-12-8-25-17(19-12)20-15(21)9-24-14-6-10(2)13(18)5-11(14)3/h5-6,8H,4,7,9H2,1-3H3,(H,19,20,21). The van der Waals surface area contributed by atoms with Gasteiger partial charge in [-0.15, -0.1) is 23.1 Å². The van der Waals surface area contributed by atoms with Crippen LogP contribution in [0.2, 0.25) is 0 Å². The van der Waals surface area contributed by atoms with Crippen LogP contribution in [0.5, 0.6) is 0 Å². The topological polar surface area (TPSA) is 68.3 Å². The highest BCUT2D eigenvalue weighted by Gasteiger charge is 2.11. The van der Waals surface area contributed by atoms with Crippen LogP contribution in [0.4, 0.5) is 5.13 Å². The van der Waals surface area contributed by atoms with Crippen molar-refractivity contribution in [3.8, 4) is 0 Å². The molecule has 0 aliphatic carbocycles. The lowest BCUT2D eigenvalue weighted by atomic mass is 10.2. The molecule has 0 spiro atoms. The number of halogens is 1. The molecule has 1 heterocycles. The monoisotopic (exact) mass is 442 g/mol. The van der Waals surface area contributed by atoms with Crippen molar-refractivity contribution in [1.82, 2.24) is 4.98 Å². The fourth-order valence-corrected chi connectivity index (χ4v) is 4.10. The molecule has 1 amide bonds. The number of anilines is 1. The Kier molecular flexibility index (Phi) is 7.46. The van der Waals surface area contributed by atoms with E-state index < -0.39 is 0 Å². The molecule has 2 rings (SSSR count). The van der Waals surface area contributed by atoms with Gasteiger partial charge in [0, 0.05) is 14.7 Å². The molecule has 0 fully saturated rings. The summed E-state index contributed by atoms with van der Waals surface area (Å²) in [5.41, 5.74) is 2.86. The number of nitrogens with one attached hydrogen (secondary N) is 1. The fourth-order valence-electron chi connectivity index (χ4n) is 2.01. The SMILES string of the molecule is CCOC(=O)Cc1csc(NC(=O)CSc2cc(C)c(Br)cc2C)n1. The first-order chi connectivity index (χ1) is 11.9. The molecule has 0 radical (unpaired) electrons. The maximum Gasteiger partial charge on any atom is 0.311 e. The summed E-state index contributed by atoms with van der Waals surface area (Å²) < 4.78 is 5.95. The van der Waals surface area contributed by atoms with E-state index >= 15 is 0 Å². The number of benzene rings is 1. The largest absolute Gasteiger partial charge is 0.466 e. The molecule has 0 atom stereocenters. The number of rotatable bonds is 7. The van der Waals surface area contributed by atoms with E-state index in [0.29, 0.717) is 23.2 Å². The number of aryl methyl sites for hydroxylation is 2. The number of hydrogen-bond donors (Lipinski definition) is 1. The number of carbonyl (C=O) groups is 2. The van der Waals surface area contributed by atoms with Crippen molar-refractivity contribution in [2.24, 2.45) is 0 Å². The zero-order valence-corrected chi connectivity index (χ0v) is 17.4. The van der Waals surface area contributed by atoms with E-state index in [4.69, 9.17) is 4.74 Å². The number of hydrogen-bond acceptors (Lipinski definition) is 6. The first-order valence-electron chi connectivity index (χ1n) is 7.68. The number of thioether (sulfide) groups is 1. The molecule has 5 nitrogen and oxygen atoms in total. The Morgan fingerprint density at radius 1 is 1.32 bits per heavy atom. The van der Waals surface area contributed by atoms with Gasteiger partial charge >= 0.3 is 5.97 Å². The Hall–Kier alpha value is -1.38. The number of carbonyl (C=O) groups excluding carboxylic acids is 2. The van der Waals surface area contributed by atoms with Crippen LogP contribution in [0.3, 0.4) is 0 Å². The minimum Gasteiger partial charge on any atom is -0.466 e. The second-order valence-corrected chi connectivity index (χ2v) is 8.06. The van der Waals surface area contributed by atoms with E-state index in [-0.39, 0.29) is 18.3 Å². The molecule has 1 aromatic carbocycles. The Bertz CT molecular complexity index is 777. The maximum atomic E-state index is 12.1. The van der Waals surface area contributed by atoms with Crippen LogP contribution in [0, 0.1) is 13.8 Å². The Morgan fingerprint density at radius 3 is 2.80 bits per heavy atom. The molecular formula is C17H19BrN2O3S2. The summed E-state index contributed by atoms with van der Waals surface area (Å²) in [5.74, 6) is -0.140. The molecule has 25 heavy (non-hydrogen) atoms. The zero-order valence-electron chi connectivity index (χ0n) is 14.2. The minimum atomic E-state index is -0.317. The van der Waals surface area contributed by atoms with Crippen LogP contribution < -0.4 is 5.32 Å². The van der Waals surface area contributed by atoms with Gasteiger partial charge in [-0.05, 0) is 44.0 Å². The summed E-state index contributed by atoms with van der Waals surface area (Å²) >= 11 is 6.30. The number of ether oxygens (including phenoxy) is 1. The van der Waals surface area contributed by atoms with E-state index in [2.05, 4.69) is 38.4 Å². The zero-order chi connectivity index (χ0) is 18.4. The number of amides is 1. The molecule has 1 aromatic heterocycles. The minimum absolute atomic E-state index is 0.117. The van der Waals surface area contributed by atoms with Gasteiger partial charge in [0.2, 0.25) is 5.91 Å². The van der Waals surface area contributed by atoms with Crippen LogP contribution in [-0.2, 0) is 20.7 Å². The van der Waals surface area contributed by atoms with Crippen LogP contribution in [0.15, 0.2) is 26.9 Å². The number of aromatic nitrogens is 1. The first-order valence-corrected chi connectivity index (χ1v) is 10.3. The third-order valence-corrected chi connectivity index (χ3v) is 6.06. The van der Waals surface area contributed by atoms with Crippen LogP contribution in [-0.4, -0.2) is 29.2 Å². The predicted molar refractivity (Wildman–Crippen MR) is 105 cm³/mol. The summed E-state index contributed by atoms with van der Waals surface area (Å²) in [5, 5.41) is 5.02. The molecule has 0 saturated carbocycles. The molecule has 1 N–H and O–H groups in total. The van der Waals surface area contributed by atoms with Crippen molar-refractivity contribution < 1.29 is 14.3 Å². The lowest BCUT2D eigenvalue weighted by Crippen LogP contribution is -2.14. The summed E-state index contributed by atoms with van der Waals surface area (Å²) in [4.78, 5) is 28.9. The van der Waals surface area contributed by atoms with E-state index in [9.17, 15) is 9.59 Å². The number of nitrogens with zero attached hydrogens (tertiary/aromatic N) is 1. The highest BCUT2D eigenvalue weighted by Crippen LogP contribution is 2.28. The maximum absolute atomic E-state index is 12.1. The van der Waals surface area contributed by atoms with Gasteiger partial charge in [0.05, 0.1) is 24.5 Å². The second-order valence-electron chi connectivity index (χ2n) is 5.33. The van der Waals surface area contributed by atoms with E-state index in [0.717, 1.165) is 20.5 Å². The average Bonchev–Trinajstić information content (AvgIpc) is 2.96. The van der Waals surface area contributed by atoms with Crippen molar-refractivity contribution in [2.75, 3.05) is 17.7 Å². The van der Waals surface area contributed by atoms with Crippen molar-refractivity contribution in [1.29, 1.82) is 0 Å². The summed E-state index contributed by atoms with van der Waals surface area (Å²) in [6.07, 6.45) is 0.117. The Morgan fingerprint density at radius 2 is 2.08 bits per heavy atom. The van der Waals surface area contributed by atoms with Gasteiger partial charge in [-0.2, -0.15) is 0 Å². The molecule has 0 aliphatic heterocycles. The van der Waals surface area contributed by atoms with Gasteiger partial charge in [-0.3, -0.25) is 9.59 Å². The van der Waals surface area contributed by atoms with E-state index in [1.807, 2.05) is 13.8 Å². The van der Waals surface area contributed by atoms with Crippen LogP contribution in [0.1, 0.15) is 23.7 Å². The fraction of sp³-hybridized carbons (Fsp3) is 0.353. The van der Waals surface area contributed by atoms with E-state index in [1.54, 1.807) is 12.3 Å². The van der Waals surface area contributed by atoms with Crippen LogP contribution >= 0.6 is 39.0 Å². The van der Waals surface area contributed by atoms with Gasteiger partial charge in [0.25, 0.3) is 0 Å². The van der Waals surface area contributed by atoms with Gasteiger partial charge in [-0.25, -0.2) is 4.98 Å². The van der Waals surface area contributed by atoms with Crippen LogP contribution in [0.25, 0.3) is 0 Å². The molecule has 0 aliphatic rings. The van der Waals surface area contributed by atoms with Gasteiger partial charge < -0.3 is 10.1 Å². The number of esters is 1. The molecule has 0 bridgehead atoms. The molecule has 0 saturated heterocycles. The summed E-state index contributed by atoms with van der Waals surface area (Å²) in [6, 6.07) is 4.12. The number of thiazole rings is 1. The average molecular weight is 443 g/mol. The molecule has 134 valence electrons.